The van der Waals surface area contributed by atoms with E-state index in [9.17, 15) is 0 Å². The molecule has 3 N–H and O–H groups in total. The molecular formula is C20H26N4. The summed E-state index contributed by atoms with van der Waals surface area (Å²) in [5.74, 6) is 1.11. The third-order valence-electron chi connectivity index (χ3n) is 4.50. The van der Waals surface area contributed by atoms with Gasteiger partial charge in [0, 0.05) is 25.3 Å². The molecule has 0 amide bonds. The average Bonchev–Trinajstić information content (AvgIpc) is 3.08. The minimum absolute atomic E-state index is 0.504. The highest BCUT2D eigenvalue weighted by molar-refractivity contribution is 5.92. The van der Waals surface area contributed by atoms with E-state index in [0.717, 1.165) is 31.7 Å². The summed E-state index contributed by atoms with van der Waals surface area (Å²) in [6.45, 7) is 4.21. The first kappa shape index (κ1) is 16.5. The van der Waals surface area contributed by atoms with Crippen molar-refractivity contribution >= 4 is 11.6 Å². The maximum atomic E-state index is 5.98. The lowest BCUT2D eigenvalue weighted by Gasteiger charge is -2.15. The molecule has 24 heavy (non-hydrogen) atoms. The van der Waals surface area contributed by atoms with Crippen LogP contribution in [-0.4, -0.2) is 37.0 Å². The van der Waals surface area contributed by atoms with Crippen LogP contribution >= 0.6 is 0 Å². The van der Waals surface area contributed by atoms with Gasteiger partial charge in [-0.05, 0) is 43.0 Å². The standard InChI is InChI=1S/C20H26N4/c21-20(23-19-9-5-2-6-10-19)22-15-18-12-14-24(16-18)13-11-17-7-3-1-4-8-17/h1-10,18H,11-16H2,(H3,21,22,23)/t18-/m1/s1. The summed E-state index contributed by atoms with van der Waals surface area (Å²) >= 11 is 0. The van der Waals surface area contributed by atoms with E-state index in [1.165, 1.54) is 18.5 Å². The van der Waals surface area contributed by atoms with Gasteiger partial charge in [0.05, 0.1) is 0 Å². The Kier molecular flexibility index (Phi) is 5.85. The fourth-order valence-electron chi connectivity index (χ4n) is 3.13. The Morgan fingerprint density at radius 2 is 1.79 bits per heavy atom. The summed E-state index contributed by atoms with van der Waals surface area (Å²) in [6.07, 6.45) is 2.32. The third-order valence-corrected chi connectivity index (χ3v) is 4.50. The molecule has 0 spiro atoms. The maximum absolute atomic E-state index is 5.98. The number of nitrogens with zero attached hydrogens (tertiary/aromatic N) is 2. The summed E-state index contributed by atoms with van der Waals surface area (Å²) in [5.41, 5.74) is 8.37. The molecule has 0 aliphatic carbocycles. The van der Waals surface area contributed by atoms with E-state index in [0.29, 0.717) is 11.9 Å². The van der Waals surface area contributed by atoms with Gasteiger partial charge in [-0.3, -0.25) is 4.99 Å². The molecule has 1 heterocycles. The van der Waals surface area contributed by atoms with Crippen molar-refractivity contribution in [1.82, 2.24) is 4.90 Å². The molecular weight excluding hydrogens is 296 g/mol. The highest BCUT2D eigenvalue weighted by Gasteiger charge is 2.21. The van der Waals surface area contributed by atoms with Crippen molar-refractivity contribution in [2.75, 3.05) is 31.5 Å². The molecule has 3 rings (SSSR count). The second-order valence-corrected chi connectivity index (χ2v) is 6.41. The molecule has 4 nitrogen and oxygen atoms in total. The molecule has 1 aliphatic rings. The number of benzene rings is 2. The minimum Gasteiger partial charge on any atom is -0.370 e. The molecule has 2 aromatic rings. The van der Waals surface area contributed by atoms with Crippen molar-refractivity contribution < 1.29 is 0 Å². The first-order valence-electron chi connectivity index (χ1n) is 8.68. The zero-order valence-corrected chi connectivity index (χ0v) is 14.1. The minimum atomic E-state index is 0.504. The molecule has 0 unspecified atom stereocenters. The molecule has 0 saturated carbocycles. The molecule has 1 saturated heterocycles. The van der Waals surface area contributed by atoms with Crippen LogP contribution in [-0.2, 0) is 6.42 Å². The molecule has 126 valence electrons. The van der Waals surface area contributed by atoms with Crippen molar-refractivity contribution in [2.45, 2.75) is 12.8 Å². The van der Waals surface area contributed by atoms with Gasteiger partial charge in [-0.2, -0.15) is 0 Å². The van der Waals surface area contributed by atoms with Crippen LogP contribution in [0.1, 0.15) is 12.0 Å². The van der Waals surface area contributed by atoms with Gasteiger partial charge in [-0.25, -0.2) is 0 Å². The number of nitrogens with one attached hydrogen (secondary N) is 1. The first-order valence-corrected chi connectivity index (χ1v) is 8.68. The lowest BCUT2D eigenvalue weighted by molar-refractivity contribution is 0.330. The van der Waals surface area contributed by atoms with Gasteiger partial charge in [-0.15, -0.1) is 0 Å². The molecule has 4 heteroatoms. The number of rotatable bonds is 6. The summed E-state index contributed by atoms with van der Waals surface area (Å²) in [5, 5.41) is 3.14. The summed E-state index contributed by atoms with van der Waals surface area (Å²) in [4.78, 5) is 7.05. The largest absolute Gasteiger partial charge is 0.370 e. The molecule has 0 bridgehead atoms. The molecule has 2 aromatic carbocycles. The monoisotopic (exact) mass is 322 g/mol. The Labute approximate surface area is 144 Å². The van der Waals surface area contributed by atoms with Crippen molar-refractivity contribution in [3.8, 4) is 0 Å². The van der Waals surface area contributed by atoms with Crippen LogP contribution in [0, 0.1) is 5.92 Å². The summed E-state index contributed by atoms with van der Waals surface area (Å²) in [7, 11) is 0. The predicted octanol–water partition coefficient (Wildman–Crippen LogP) is 2.98. The quantitative estimate of drug-likeness (QED) is 0.635. The molecule has 0 aromatic heterocycles. The van der Waals surface area contributed by atoms with Gasteiger partial charge < -0.3 is 16.0 Å². The Hall–Kier alpha value is -2.33. The van der Waals surface area contributed by atoms with E-state index >= 15 is 0 Å². The van der Waals surface area contributed by atoms with E-state index < -0.39 is 0 Å². The number of anilines is 1. The molecule has 1 atom stereocenters. The predicted molar refractivity (Wildman–Crippen MR) is 101 cm³/mol. The van der Waals surface area contributed by atoms with E-state index in [4.69, 9.17) is 5.73 Å². The van der Waals surface area contributed by atoms with Crippen LogP contribution in [0.15, 0.2) is 65.7 Å². The lowest BCUT2D eigenvalue weighted by Crippen LogP contribution is -2.26. The lowest BCUT2D eigenvalue weighted by atomic mass is 10.1. The average molecular weight is 322 g/mol. The number of guanidine groups is 1. The Morgan fingerprint density at radius 3 is 2.54 bits per heavy atom. The van der Waals surface area contributed by atoms with E-state index in [2.05, 4.69) is 45.5 Å². The van der Waals surface area contributed by atoms with Crippen LogP contribution in [0.5, 0.6) is 0 Å². The highest BCUT2D eigenvalue weighted by atomic mass is 15.2. The molecule has 1 fully saturated rings. The van der Waals surface area contributed by atoms with Crippen LogP contribution < -0.4 is 11.1 Å². The van der Waals surface area contributed by atoms with Gasteiger partial charge in [0.15, 0.2) is 5.96 Å². The zero-order chi connectivity index (χ0) is 16.6. The number of hydrogen-bond donors (Lipinski definition) is 2. The fraction of sp³-hybridized carbons (Fsp3) is 0.350. The van der Waals surface area contributed by atoms with E-state index in [-0.39, 0.29) is 0 Å². The first-order chi connectivity index (χ1) is 11.8. The van der Waals surface area contributed by atoms with Crippen molar-refractivity contribution in [1.29, 1.82) is 0 Å². The van der Waals surface area contributed by atoms with Crippen molar-refractivity contribution in [3.05, 3.63) is 66.2 Å². The number of nitrogens with two attached hydrogens (primary N) is 1. The summed E-state index contributed by atoms with van der Waals surface area (Å²) in [6, 6.07) is 20.6. The van der Waals surface area contributed by atoms with Crippen molar-refractivity contribution in [3.63, 3.8) is 0 Å². The van der Waals surface area contributed by atoms with Gasteiger partial charge in [-0.1, -0.05) is 48.5 Å². The van der Waals surface area contributed by atoms with E-state index in [1.807, 2.05) is 30.3 Å². The highest BCUT2D eigenvalue weighted by Crippen LogP contribution is 2.17. The Bertz CT molecular complexity index is 639. The van der Waals surface area contributed by atoms with Crippen LogP contribution in [0.2, 0.25) is 0 Å². The smallest absolute Gasteiger partial charge is 0.193 e. The second-order valence-electron chi connectivity index (χ2n) is 6.41. The topological polar surface area (TPSA) is 53.6 Å². The third kappa shape index (κ3) is 5.10. The van der Waals surface area contributed by atoms with Crippen LogP contribution in [0.3, 0.4) is 0 Å². The number of aliphatic imine (C=N–C) groups is 1. The molecule has 0 radical (unpaired) electrons. The maximum Gasteiger partial charge on any atom is 0.193 e. The van der Waals surface area contributed by atoms with Gasteiger partial charge >= 0.3 is 0 Å². The van der Waals surface area contributed by atoms with Crippen molar-refractivity contribution in [2.24, 2.45) is 16.6 Å². The van der Waals surface area contributed by atoms with Gasteiger partial charge in [0.1, 0.15) is 0 Å². The summed E-state index contributed by atoms with van der Waals surface area (Å²) < 4.78 is 0. The van der Waals surface area contributed by atoms with Gasteiger partial charge in [0.2, 0.25) is 0 Å². The fourth-order valence-corrected chi connectivity index (χ4v) is 3.13. The Balaban J connectivity index is 1.40. The SMILES string of the molecule is NC(=NC[C@H]1CCN(CCc2ccccc2)C1)Nc1ccccc1. The van der Waals surface area contributed by atoms with E-state index in [1.54, 1.807) is 0 Å². The van der Waals surface area contributed by atoms with Crippen LogP contribution in [0.25, 0.3) is 0 Å². The Morgan fingerprint density at radius 1 is 1.08 bits per heavy atom. The zero-order valence-electron chi connectivity index (χ0n) is 14.1. The number of hydrogen-bond acceptors (Lipinski definition) is 2. The normalized spacial score (nSPS) is 18.7. The number of para-hydroxylation sites is 1. The second kappa shape index (κ2) is 8.50. The van der Waals surface area contributed by atoms with Crippen LogP contribution in [0.4, 0.5) is 5.69 Å². The molecule has 1 aliphatic heterocycles. The van der Waals surface area contributed by atoms with Gasteiger partial charge in [0.25, 0.3) is 0 Å². The number of likely N-dealkylation sites (tertiary alicyclic amines) is 1.